The van der Waals surface area contributed by atoms with Crippen LogP contribution in [0.1, 0.15) is 11.3 Å². The molecule has 0 bridgehead atoms. The number of nitrogens with two attached hydrogens (primary N) is 2. The van der Waals surface area contributed by atoms with Crippen molar-refractivity contribution in [3.63, 3.8) is 0 Å². The lowest BCUT2D eigenvalue weighted by Crippen LogP contribution is -2.03. The Morgan fingerprint density at radius 2 is 2.00 bits per heavy atom. The van der Waals surface area contributed by atoms with Crippen molar-refractivity contribution in [2.75, 3.05) is 5.73 Å². The highest BCUT2D eigenvalue weighted by Gasteiger charge is 2.01. The van der Waals surface area contributed by atoms with Gasteiger partial charge in [0.2, 0.25) is 0 Å². The summed E-state index contributed by atoms with van der Waals surface area (Å²) in [5.74, 6) is 0. The van der Waals surface area contributed by atoms with Crippen molar-refractivity contribution in [2.24, 2.45) is 5.73 Å². The van der Waals surface area contributed by atoms with Gasteiger partial charge in [0.1, 0.15) is 0 Å². The van der Waals surface area contributed by atoms with Crippen molar-refractivity contribution in [1.82, 2.24) is 9.55 Å². The Balaban J connectivity index is 0.00000128. The number of imidazole rings is 1. The molecule has 2 aromatic rings. The molecule has 2 rings (SSSR count). The number of hydrogen-bond acceptors (Lipinski definition) is 3. The molecule has 0 unspecified atom stereocenters. The van der Waals surface area contributed by atoms with Gasteiger partial charge in [-0.3, -0.25) is 0 Å². The molecule has 17 heavy (non-hydrogen) atoms. The van der Waals surface area contributed by atoms with Crippen LogP contribution in [0, 0.1) is 6.92 Å². The first-order valence-electron chi connectivity index (χ1n) is 4.80. The second-order valence-corrected chi connectivity index (χ2v) is 3.51. The van der Waals surface area contributed by atoms with Crippen molar-refractivity contribution >= 4 is 30.5 Å². The Morgan fingerprint density at radius 3 is 2.53 bits per heavy atom. The summed E-state index contributed by atoms with van der Waals surface area (Å²) in [5, 5.41) is 0. The molecule has 1 aromatic carbocycles. The van der Waals surface area contributed by atoms with Gasteiger partial charge in [0.25, 0.3) is 0 Å². The monoisotopic (exact) mass is 274 g/mol. The van der Waals surface area contributed by atoms with E-state index in [4.69, 9.17) is 11.5 Å². The number of hydrogen-bond donors (Lipinski definition) is 2. The minimum absolute atomic E-state index is 0. The van der Waals surface area contributed by atoms with Crippen LogP contribution < -0.4 is 11.5 Å². The van der Waals surface area contributed by atoms with E-state index in [0.717, 1.165) is 22.6 Å². The van der Waals surface area contributed by atoms with Crippen LogP contribution in [0.3, 0.4) is 0 Å². The molecule has 0 aliphatic rings. The lowest BCUT2D eigenvalue weighted by atomic mass is 10.1. The van der Waals surface area contributed by atoms with Crippen molar-refractivity contribution in [2.45, 2.75) is 13.5 Å². The average molecular weight is 275 g/mol. The summed E-state index contributed by atoms with van der Waals surface area (Å²) in [5.41, 5.74) is 15.1. The summed E-state index contributed by atoms with van der Waals surface area (Å²) in [6.45, 7) is 2.41. The largest absolute Gasteiger partial charge is 0.398 e. The summed E-state index contributed by atoms with van der Waals surface area (Å²) in [7, 11) is 0. The van der Waals surface area contributed by atoms with Crippen LogP contribution >= 0.6 is 24.8 Å². The lowest BCUT2D eigenvalue weighted by molar-refractivity contribution is 1.03. The molecule has 4 N–H and O–H groups in total. The van der Waals surface area contributed by atoms with Crippen LogP contribution in [0.4, 0.5) is 5.69 Å². The first-order valence-corrected chi connectivity index (χ1v) is 4.80. The number of halogens is 2. The molecule has 0 aliphatic heterocycles. The number of nitrogens with zero attached hydrogens (tertiary/aromatic N) is 2. The van der Waals surface area contributed by atoms with Crippen molar-refractivity contribution in [3.8, 4) is 5.69 Å². The van der Waals surface area contributed by atoms with Gasteiger partial charge >= 0.3 is 0 Å². The molecular weight excluding hydrogens is 259 g/mol. The predicted octanol–water partition coefficient (Wildman–Crippen LogP) is 2.07. The molecule has 0 fully saturated rings. The second kappa shape index (κ2) is 6.49. The highest BCUT2D eigenvalue weighted by molar-refractivity contribution is 5.85. The van der Waals surface area contributed by atoms with E-state index in [0.29, 0.717) is 6.54 Å². The van der Waals surface area contributed by atoms with Gasteiger partial charge in [-0.2, -0.15) is 0 Å². The van der Waals surface area contributed by atoms with E-state index in [1.54, 1.807) is 6.33 Å². The van der Waals surface area contributed by atoms with E-state index in [-0.39, 0.29) is 24.8 Å². The Hall–Kier alpha value is -1.23. The summed E-state index contributed by atoms with van der Waals surface area (Å²) >= 11 is 0. The molecule has 1 heterocycles. The smallest absolute Gasteiger partial charge is 0.0995 e. The van der Waals surface area contributed by atoms with Gasteiger partial charge in [0, 0.05) is 24.1 Å². The third-order valence-corrected chi connectivity index (χ3v) is 2.36. The number of rotatable bonds is 2. The molecule has 94 valence electrons. The minimum Gasteiger partial charge on any atom is -0.398 e. The Labute approximate surface area is 113 Å². The first-order chi connectivity index (χ1) is 7.20. The standard InChI is InChI=1S/C11H14N4.2ClH/c1-8-6-15(7-14-8)10-2-3-11(13)9(4-10)5-12;;/h2-4,6-7H,5,12-13H2,1H3;2*1H. The summed E-state index contributed by atoms with van der Waals surface area (Å²) < 4.78 is 1.95. The summed E-state index contributed by atoms with van der Waals surface area (Å²) in [4.78, 5) is 4.17. The van der Waals surface area contributed by atoms with Gasteiger partial charge in [-0.15, -0.1) is 24.8 Å². The van der Waals surface area contributed by atoms with Gasteiger partial charge in [-0.25, -0.2) is 4.98 Å². The maximum atomic E-state index is 5.78. The molecule has 0 saturated carbocycles. The fourth-order valence-electron chi connectivity index (χ4n) is 1.49. The normalized spacial score (nSPS) is 9.29. The molecule has 0 saturated heterocycles. The van der Waals surface area contributed by atoms with Crippen molar-refractivity contribution < 1.29 is 0 Å². The van der Waals surface area contributed by atoms with E-state index in [9.17, 15) is 0 Å². The third-order valence-electron chi connectivity index (χ3n) is 2.36. The van der Waals surface area contributed by atoms with E-state index in [2.05, 4.69) is 4.98 Å². The molecule has 0 atom stereocenters. The van der Waals surface area contributed by atoms with Gasteiger partial charge in [0.15, 0.2) is 0 Å². The number of anilines is 1. The molecule has 0 spiro atoms. The van der Waals surface area contributed by atoms with Crippen LogP contribution in [-0.2, 0) is 6.54 Å². The molecule has 4 nitrogen and oxygen atoms in total. The number of benzene rings is 1. The zero-order chi connectivity index (χ0) is 10.8. The van der Waals surface area contributed by atoms with Crippen LogP contribution in [0.2, 0.25) is 0 Å². The van der Waals surface area contributed by atoms with E-state index in [1.807, 2.05) is 35.9 Å². The molecule has 6 heteroatoms. The maximum Gasteiger partial charge on any atom is 0.0995 e. The van der Waals surface area contributed by atoms with Gasteiger partial charge < -0.3 is 16.0 Å². The summed E-state index contributed by atoms with van der Waals surface area (Å²) in [6, 6.07) is 5.80. The van der Waals surface area contributed by atoms with Crippen molar-refractivity contribution in [3.05, 3.63) is 42.0 Å². The predicted molar refractivity (Wildman–Crippen MR) is 75.1 cm³/mol. The van der Waals surface area contributed by atoms with Crippen LogP contribution in [-0.4, -0.2) is 9.55 Å². The number of aryl methyl sites for hydroxylation is 1. The van der Waals surface area contributed by atoms with E-state index >= 15 is 0 Å². The van der Waals surface area contributed by atoms with E-state index < -0.39 is 0 Å². The second-order valence-electron chi connectivity index (χ2n) is 3.51. The highest BCUT2D eigenvalue weighted by atomic mass is 35.5. The molecule has 0 radical (unpaired) electrons. The topological polar surface area (TPSA) is 69.9 Å². The zero-order valence-electron chi connectivity index (χ0n) is 9.46. The third kappa shape index (κ3) is 3.36. The summed E-state index contributed by atoms with van der Waals surface area (Å²) in [6.07, 6.45) is 3.74. The number of nitrogen functional groups attached to an aromatic ring is 1. The minimum atomic E-state index is 0. The lowest BCUT2D eigenvalue weighted by Gasteiger charge is -2.07. The van der Waals surface area contributed by atoms with Crippen molar-refractivity contribution in [1.29, 1.82) is 0 Å². The number of aromatic nitrogens is 2. The molecule has 0 amide bonds. The fraction of sp³-hybridized carbons (Fsp3) is 0.182. The Bertz CT molecular complexity index is 482. The van der Waals surface area contributed by atoms with Gasteiger partial charge in [-0.05, 0) is 30.7 Å². The van der Waals surface area contributed by atoms with Gasteiger partial charge in [0.05, 0.1) is 12.0 Å². The Kier molecular flexibility index (Phi) is 6.02. The van der Waals surface area contributed by atoms with Crippen LogP contribution in [0.25, 0.3) is 5.69 Å². The first kappa shape index (κ1) is 15.8. The highest BCUT2D eigenvalue weighted by Crippen LogP contribution is 2.16. The zero-order valence-corrected chi connectivity index (χ0v) is 11.1. The Morgan fingerprint density at radius 1 is 1.29 bits per heavy atom. The van der Waals surface area contributed by atoms with Crippen LogP contribution in [0.5, 0.6) is 0 Å². The molecular formula is C11H16Cl2N4. The fourth-order valence-corrected chi connectivity index (χ4v) is 1.49. The molecule has 1 aromatic heterocycles. The average Bonchev–Trinajstić information content (AvgIpc) is 2.66. The van der Waals surface area contributed by atoms with Gasteiger partial charge in [-0.1, -0.05) is 0 Å². The van der Waals surface area contributed by atoms with E-state index in [1.165, 1.54) is 0 Å². The van der Waals surface area contributed by atoms with Crippen LogP contribution in [0.15, 0.2) is 30.7 Å². The maximum absolute atomic E-state index is 5.78. The molecule has 0 aliphatic carbocycles. The SMILES string of the molecule is Cc1cn(-c2ccc(N)c(CN)c2)cn1.Cl.Cl. The quantitative estimate of drug-likeness (QED) is 0.824.